The van der Waals surface area contributed by atoms with E-state index in [4.69, 9.17) is 5.73 Å². The Morgan fingerprint density at radius 3 is 2.73 bits per heavy atom. The van der Waals surface area contributed by atoms with Crippen LogP contribution in [0.5, 0.6) is 0 Å². The van der Waals surface area contributed by atoms with Gasteiger partial charge in [-0.3, -0.25) is 4.79 Å². The smallest absolute Gasteiger partial charge is 0.252 e. The second kappa shape index (κ2) is 10.7. The fourth-order valence-corrected chi connectivity index (χ4v) is 3.71. The fourth-order valence-electron chi connectivity index (χ4n) is 1.89. The Morgan fingerprint density at radius 2 is 2.00 bits per heavy atom. The fraction of sp³-hybridized carbons (Fsp3) is 0.312. The highest BCUT2D eigenvalue weighted by Crippen LogP contribution is 2.27. The van der Waals surface area contributed by atoms with Gasteiger partial charge in [0, 0.05) is 22.1 Å². The van der Waals surface area contributed by atoms with E-state index in [2.05, 4.69) is 22.8 Å². The van der Waals surface area contributed by atoms with Crippen LogP contribution in [-0.2, 0) is 5.75 Å². The minimum Gasteiger partial charge on any atom is -0.352 e. The van der Waals surface area contributed by atoms with Gasteiger partial charge in [0.2, 0.25) is 0 Å². The van der Waals surface area contributed by atoms with E-state index in [0.717, 1.165) is 29.1 Å². The summed E-state index contributed by atoms with van der Waals surface area (Å²) >= 11 is 3.45. The van der Waals surface area contributed by atoms with E-state index in [1.807, 2.05) is 24.3 Å². The summed E-state index contributed by atoms with van der Waals surface area (Å²) in [6.45, 7) is 1.35. The van der Waals surface area contributed by atoms with Crippen molar-refractivity contribution in [3.63, 3.8) is 0 Å². The molecule has 0 aliphatic heterocycles. The van der Waals surface area contributed by atoms with Crippen LogP contribution < -0.4 is 11.1 Å². The highest BCUT2D eigenvalue weighted by molar-refractivity contribution is 7.98. The lowest BCUT2D eigenvalue weighted by atomic mass is 10.2. The summed E-state index contributed by atoms with van der Waals surface area (Å²) in [5.41, 5.74) is 6.21. The molecule has 0 saturated heterocycles. The Labute approximate surface area is 146 Å². The Bertz CT molecular complexity index is 561. The molecule has 0 aliphatic rings. The van der Waals surface area contributed by atoms with E-state index in [1.54, 1.807) is 23.1 Å². The zero-order chi connectivity index (χ0) is 14.9. The predicted octanol–water partition coefficient (Wildman–Crippen LogP) is 3.93. The molecule has 0 radical (unpaired) electrons. The molecule has 0 bridgehead atoms. The molecule has 22 heavy (non-hydrogen) atoms. The first-order chi connectivity index (χ1) is 10.3. The van der Waals surface area contributed by atoms with Gasteiger partial charge in [0.25, 0.3) is 5.91 Å². The minimum atomic E-state index is 0. The number of carbonyl (C=O) groups excluding carboxylic acids is 1. The summed E-state index contributed by atoms with van der Waals surface area (Å²) in [5, 5.41) is 5.04. The van der Waals surface area contributed by atoms with Crippen molar-refractivity contribution in [3.05, 3.63) is 52.2 Å². The van der Waals surface area contributed by atoms with Gasteiger partial charge < -0.3 is 11.1 Å². The number of hydrogen-bond acceptors (Lipinski definition) is 4. The van der Waals surface area contributed by atoms with Gasteiger partial charge in [-0.05, 0) is 43.0 Å². The lowest BCUT2D eigenvalue weighted by Gasteiger charge is -2.09. The molecule has 3 nitrogen and oxygen atoms in total. The number of thioether (sulfide) groups is 1. The van der Waals surface area contributed by atoms with Crippen molar-refractivity contribution in [2.75, 3.05) is 13.1 Å². The lowest BCUT2D eigenvalue weighted by Crippen LogP contribution is -2.25. The third-order valence-electron chi connectivity index (χ3n) is 3.00. The van der Waals surface area contributed by atoms with Gasteiger partial charge in [-0.1, -0.05) is 18.2 Å². The lowest BCUT2D eigenvalue weighted by molar-refractivity contribution is 0.0950. The van der Waals surface area contributed by atoms with Gasteiger partial charge in [0.1, 0.15) is 0 Å². The average Bonchev–Trinajstić information content (AvgIpc) is 3.03. The second-order valence-electron chi connectivity index (χ2n) is 4.62. The number of nitrogens with one attached hydrogen (secondary N) is 1. The van der Waals surface area contributed by atoms with Crippen LogP contribution in [0, 0.1) is 0 Å². The summed E-state index contributed by atoms with van der Waals surface area (Å²) in [7, 11) is 0. The molecular weight excluding hydrogens is 336 g/mol. The molecule has 2 aromatic rings. The average molecular weight is 357 g/mol. The van der Waals surface area contributed by atoms with Gasteiger partial charge in [0.15, 0.2) is 0 Å². The summed E-state index contributed by atoms with van der Waals surface area (Å²) in [6, 6.07) is 11.9. The maximum atomic E-state index is 12.2. The normalized spacial score (nSPS) is 10.0. The molecular formula is C16H21ClN2OS2. The van der Waals surface area contributed by atoms with Crippen molar-refractivity contribution in [2.24, 2.45) is 5.73 Å². The number of rotatable bonds is 8. The Kier molecular flexibility index (Phi) is 9.24. The van der Waals surface area contributed by atoms with Crippen LogP contribution in [0.2, 0.25) is 0 Å². The van der Waals surface area contributed by atoms with E-state index in [0.29, 0.717) is 13.1 Å². The van der Waals surface area contributed by atoms with Crippen molar-refractivity contribution in [1.82, 2.24) is 5.32 Å². The molecule has 0 atom stereocenters. The SMILES string of the molecule is Cl.NCCCCNC(=O)c1ccccc1SCc1cccs1. The van der Waals surface area contributed by atoms with E-state index >= 15 is 0 Å². The second-order valence-corrected chi connectivity index (χ2v) is 6.67. The van der Waals surface area contributed by atoms with Crippen LogP contribution in [-0.4, -0.2) is 19.0 Å². The summed E-state index contributed by atoms with van der Waals surface area (Å²) in [6.07, 6.45) is 1.86. The summed E-state index contributed by atoms with van der Waals surface area (Å²) in [5.74, 6) is 0.899. The van der Waals surface area contributed by atoms with Crippen LogP contribution in [0.4, 0.5) is 0 Å². The van der Waals surface area contributed by atoms with Gasteiger partial charge in [-0.25, -0.2) is 0 Å². The van der Waals surface area contributed by atoms with Crippen LogP contribution in [0.1, 0.15) is 28.1 Å². The summed E-state index contributed by atoms with van der Waals surface area (Å²) < 4.78 is 0. The number of carbonyl (C=O) groups is 1. The number of halogens is 1. The molecule has 0 aliphatic carbocycles. The molecule has 0 spiro atoms. The highest BCUT2D eigenvalue weighted by atomic mass is 35.5. The van der Waals surface area contributed by atoms with Gasteiger partial charge in [-0.15, -0.1) is 35.5 Å². The van der Waals surface area contributed by atoms with E-state index in [-0.39, 0.29) is 18.3 Å². The Hall–Kier alpha value is -1.01. The number of unbranched alkanes of at least 4 members (excludes halogenated alkanes) is 1. The molecule has 3 N–H and O–H groups in total. The van der Waals surface area contributed by atoms with E-state index in [1.165, 1.54) is 4.88 Å². The standard InChI is InChI=1S/C16H20N2OS2.ClH/c17-9-3-4-10-18-16(19)14-7-1-2-8-15(14)21-12-13-6-5-11-20-13;/h1-2,5-8,11H,3-4,9-10,12,17H2,(H,18,19);1H. The van der Waals surface area contributed by atoms with Crippen molar-refractivity contribution < 1.29 is 4.79 Å². The molecule has 0 fully saturated rings. The molecule has 0 saturated carbocycles. The van der Waals surface area contributed by atoms with Crippen molar-refractivity contribution in [2.45, 2.75) is 23.5 Å². The Balaban J connectivity index is 0.00000242. The number of hydrogen-bond donors (Lipinski definition) is 2. The quantitative estimate of drug-likeness (QED) is 0.556. The van der Waals surface area contributed by atoms with Gasteiger partial charge >= 0.3 is 0 Å². The highest BCUT2D eigenvalue weighted by Gasteiger charge is 2.10. The van der Waals surface area contributed by atoms with Gasteiger partial charge in [0.05, 0.1) is 5.56 Å². The monoisotopic (exact) mass is 356 g/mol. The van der Waals surface area contributed by atoms with Crippen molar-refractivity contribution in [3.8, 4) is 0 Å². The zero-order valence-corrected chi connectivity index (χ0v) is 14.7. The first kappa shape index (κ1) is 19.0. The molecule has 2 rings (SSSR count). The number of nitrogens with two attached hydrogens (primary N) is 1. The molecule has 1 heterocycles. The van der Waals surface area contributed by atoms with Crippen molar-refractivity contribution >= 4 is 41.4 Å². The van der Waals surface area contributed by atoms with Crippen LogP contribution >= 0.6 is 35.5 Å². The largest absolute Gasteiger partial charge is 0.352 e. The molecule has 0 unspecified atom stereocenters. The maximum Gasteiger partial charge on any atom is 0.252 e. The van der Waals surface area contributed by atoms with Crippen molar-refractivity contribution in [1.29, 1.82) is 0 Å². The minimum absolute atomic E-state index is 0. The number of amides is 1. The molecule has 1 aromatic carbocycles. The summed E-state index contributed by atoms with van der Waals surface area (Å²) in [4.78, 5) is 14.6. The van der Waals surface area contributed by atoms with Gasteiger partial charge in [-0.2, -0.15) is 0 Å². The van der Waals surface area contributed by atoms with Crippen LogP contribution in [0.3, 0.4) is 0 Å². The van der Waals surface area contributed by atoms with E-state index in [9.17, 15) is 4.79 Å². The Morgan fingerprint density at radius 1 is 1.18 bits per heavy atom. The molecule has 120 valence electrons. The number of thiophene rings is 1. The predicted molar refractivity (Wildman–Crippen MR) is 98.2 cm³/mol. The molecule has 1 aromatic heterocycles. The van der Waals surface area contributed by atoms with Crippen LogP contribution in [0.25, 0.3) is 0 Å². The third-order valence-corrected chi connectivity index (χ3v) is 5.18. The molecule has 6 heteroatoms. The first-order valence-electron chi connectivity index (χ1n) is 7.03. The van der Waals surface area contributed by atoms with E-state index < -0.39 is 0 Å². The zero-order valence-electron chi connectivity index (χ0n) is 12.3. The third kappa shape index (κ3) is 6.01. The van der Waals surface area contributed by atoms with Crippen LogP contribution in [0.15, 0.2) is 46.7 Å². The first-order valence-corrected chi connectivity index (χ1v) is 8.90. The maximum absolute atomic E-state index is 12.2. The molecule has 1 amide bonds. The number of benzene rings is 1. The topological polar surface area (TPSA) is 55.1 Å².